The first-order valence-electron chi connectivity index (χ1n) is 6.18. The highest BCUT2D eigenvalue weighted by atomic mass is 32.2. The van der Waals surface area contributed by atoms with E-state index in [0.29, 0.717) is 24.4 Å². The normalized spacial score (nSPS) is 12.4. The van der Waals surface area contributed by atoms with E-state index in [1.807, 2.05) is 0 Å². The number of rotatable bonds is 7. The van der Waals surface area contributed by atoms with Crippen LogP contribution in [-0.2, 0) is 16.6 Å². The molecule has 0 fully saturated rings. The molecule has 0 atom stereocenters. The lowest BCUT2D eigenvalue weighted by Gasteiger charge is -2.25. The Morgan fingerprint density at radius 1 is 1.35 bits per heavy atom. The maximum absolute atomic E-state index is 11.2. The van der Waals surface area contributed by atoms with Crippen LogP contribution in [0.4, 0.5) is 0 Å². The van der Waals surface area contributed by atoms with Crippen molar-refractivity contribution in [1.82, 2.24) is 10.0 Å². The molecule has 0 saturated carbocycles. The fourth-order valence-electron chi connectivity index (χ4n) is 1.88. The maximum Gasteiger partial charge on any atom is 0.209 e. The summed E-state index contributed by atoms with van der Waals surface area (Å²) in [5.74, 6) is 0.834. The Morgan fingerprint density at radius 2 is 2.00 bits per heavy atom. The summed E-state index contributed by atoms with van der Waals surface area (Å²) in [7, 11) is -1.70. The number of nitrogens with one attached hydrogen (secondary N) is 2. The number of benzene rings is 1. The van der Waals surface area contributed by atoms with Crippen molar-refractivity contribution < 1.29 is 18.3 Å². The Kier molecular flexibility index (Phi) is 5.38. The molecule has 0 saturated heterocycles. The summed E-state index contributed by atoms with van der Waals surface area (Å²) >= 11 is 0. The van der Waals surface area contributed by atoms with Crippen LogP contribution < -0.4 is 14.8 Å². The fraction of sp³-hybridized carbons (Fsp3) is 0.538. The first-order valence-corrected chi connectivity index (χ1v) is 8.08. The molecule has 0 aliphatic carbocycles. The van der Waals surface area contributed by atoms with E-state index >= 15 is 0 Å². The number of hydrogen-bond donors (Lipinski definition) is 3. The monoisotopic (exact) mass is 302 g/mol. The fourth-order valence-corrected chi connectivity index (χ4v) is 2.95. The highest BCUT2D eigenvalue weighted by Gasteiger charge is 2.21. The van der Waals surface area contributed by atoms with Crippen LogP contribution in [0.3, 0.4) is 0 Å². The molecule has 114 valence electrons. The van der Waals surface area contributed by atoms with Crippen molar-refractivity contribution in [1.29, 1.82) is 0 Å². The second kappa shape index (κ2) is 6.43. The van der Waals surface area contributed by atoms with Crippen molar-refractivity contribution in [3.05, 3.63) is 23.8 Å². The van der Waals surface area contributed by atoms with Crippen LogP contribution in [0.15, 0.2) is 18.2 Å². The minimum Gasteiger partial charge on any atom is -0.508 e. The van der Waals surface area contributed by atoms with Crippen LogP contribution in [0, 0.1) is 0 Å². The third-order valence-corrected chi connectivity index (χ3v) is 3.55. The summed E-state index contributed by atoms with van der Waals surface area (Å²) in [4.78, 5) is 0. The average Bonchev–Trinajstić information content (AvgIpc) is 2.28. The predicted molar refractivity (Wildman–Crippen MR) is 78.4 cm³/mol. The molecule has 3 N–H and O–H groups in total. The van der Waals surface area contributed by atoms with E-state index in [-0.39, 0.29) is 5.75 Å². The number of sulfonamides is 1. The zero-order valence-corrected chi connectivity index (χ0v) is 13.0. The Bertz CT molecular complexity index is 555. The van der Waals surface area contributed by atoms with E-state index in [2.05, 4.69) is 10.0 Å². The van der Waals surface area contributed by atoms with Gasteiger partial charge in [0.05, 0.1) is 13.4 Å². The van der Waals surface area contributed by atoms with Crippen LogP contribution in [0.5, 0.6) is 11.5 Å². The van der Waals surface area contributed by atoms with E-state index < -0.39 is 15.6 Å². The molecule has 1 aromatic rings. The van der Waals surface area contributed by atoms with Gasteiger partial charge in [0.25, 0.3) is 0 Å². The summed E-state index contributed by atoms with van der Waals surface area (Å²) in [6.07, 6.45) is 1.13. The summed E-state index contributed by atoms with van der Waals surface area (Å²) in [5.41, 5.74) is 0.0849. The first kappa shape index (κ1) is 16.7. The summed E-state index contributed by atoms with van der Waals surface area (Å²) in [6, 6.07) is 4.98. The van der Waals surface area contributed by atoms with Gasteiger partial charge in [-0.25, -0.2) is 13.1 Å². The minimum atomic E-state index is -3.26. The lowest BCUT2D eigenvalue weighted by atomic mass is 10.1. The molecule has 0 unspecified atom stereocenters. The minimum absolute atomic E-state index is 0.173. The van der Waals surface area contributed by atoms with Gasteiger partial charge in [-0.3, -0.25) is 0 Å². The third-order valence-electron chi connectivity index (χ3n) is 2.63. The van der Waals surface area contributed by atoms with Crippen LogP contribution in [0.1, 0.15) is 19.4 Å². The lowest BCUT2D eigenvalue weighted by Crippen LogP contribution is -2.49. The van der Waals surface area contributed by atoms with E-state index in [4.69, 9.17) is 4.74 Å². The molecule has 0 aliphatic rings. The molecule has 0 bridgehead atoms. The molecule has 20 heavy (non-hydrogen) atoms. The van der Waals surface area contributed by atoms with Gasteiger partial charge in [-0.1, -0.05) is 0 Å². The number of phenolic OH excluding ortho intramolecular Hbond substituents is 1. The molecule has 1 rings (SSSR count). The topological polar surface area (TPSA) is 87.7 Å². The number of ether oxygens (including phenoxy) is 1. The summed E-state index contributed by atoms with van der Waals surface area (Å²) in [6.45, 7) is 4.41. The zero-order chi connectivity index (χ0) is 15.4. The zero-order valence-electron chi connectivity index (χ0n) is 12.2. The third kappa shape index (κ3) is 5.77. The summed E-state index contributed by atoms with van der Waals surface area (Å²) < 4.78 is 30.1. The molecule has 0 spiro atoms. The number of phenols is 1. The molecule has 6 nitrogen and oxygen atoms in total. The van der Waals surface area contributed by atoms with Crippen molar-refractivity contribution in [3.8, 4) is 11.5 Å². The van der Waals surface area contributed by atoms with Crippen molar-refractivity contribution in [2.24, 2.45) is 0 Å². The predicted octanol–water partition coefficient (Wildman–Crippen LogP) is 0.818. The second-order valence-electron chi connectivity index (χ2n) is 5.36. The average molecular weight is 302 g/mol. The van der Waals surface area contributed by atoms with Gasteiger partial charge in [0.1, 0.15) is 11.5 Å². The molecule has 0 heterocycles. The number of aromatic hydroxyl groups is 1. The van der Waals surface area contributed by atoms with Crippen LogP contribution in [0.2, 0.25) is 0 Å². The maximum atomic E-state index is 11.2. The number of methoxy groups -OCH3 is 1. The number of hydrogen-bond acceptors (Lipinski definition) is 5. The van der Waals surface area contributed by atoms with E-state index in [1.165, 1.54) is 0 Å². The van der Waals surface area contributed by atoms with Gasteiger partial charge in [0, 0.05) is 24.2 Å². The van der Waals surface area contributed by atoms with Gasteiger partial charge >= 0.3 is 0 Å². The van der Waals surface area contributed by atoms with Crippen molar-refractivity contribution in [2.45, 2.75) is 25.9 Å². The van der Waals surface area contributed by atoms with Crippen molar-refractivity contribution in [2.75, 3.05) is 19.9 Å². The Balaban J connectivity index is 2.60. The highest BCUT2D eigenvalue weighted by Crippen LogP contribution is 2.22. The summed E-state index contributed by atoms with van der Waals surface area (Å²) in [5, 5.41) is 12.9. The molecular weight excluding hydrogens is 280 g/mol. The quantitative estimate of drug-likeness (QED) is 0.694. The van der Waals surface area contributed by atoms with E-state index in [0.717, 1.165) is 6.26 Å². The molecule has 0 amide bonds. The smallest absolute Gasteiger partial charge is 0.209 e. The molecule has 1 aromatic carbocycles. The molecule has 0 aromatic heterocycles. The van der Waals surface area contributed by atoms with Crippen molar-refractivity contribution >= 4 is 10.0 Å². The van der Waals surface area contributed by atoms with Crippen LogP contribution >= 0.6 is 0 Å². The first-order chi connectivity index (χ1) is 9.13. The van der Waals surface area contributed by atoms with Gasteiger partial charge in [-0.2, -0.15) is 0 Å². The van der Waals surface area contributed by atoms with Crippen molar-refractivity contribution in [3.63, 3.8) is 0 Å². The van der Waals surface area contributed by atoms with Crippen LogP contribution in [0.25, 0.3) is 0 Å². The largest absolute Gasteiger partial charge is 0.508 e. The van der Waals surface area contributed by atoms with E-state index in [9.17, 15) is 13.5 Å². The van der Waals surface area contributed by atoms with Gasteiger partial charge < -0.3 is 15.2 Å². The van der Waals surface area contributed by atoms with E-state index in [1.54, 1.807) is 39.2 Å². The molecule has 0 radical (unpaired) electrons. The highest BCUT2D eigenvalue weighted by molar-refractivity contribution is 7.88. The van der Waals surface area contributed by atoms with Gasteiger partial charge in [0.2, 0.25) is 10.0 Å². The Hall–Kier alpha value is -1.31. The molecule has 7 heteroatoms. The SMILES string of the molecule is COc1ccc(O)c(CNCC(C)(C)NS(C)(=O)=O)c1. The van der Waals surface area contributed by atoms with Gasteiger partial charge in [0.15, 0.2) is 0 Å². The standard InChI is InChI=1S/C13H22N2O4S/c1-13(2,15-20(4,17)18)9-14-8-10-7-11(19-3)5-6-12(10)16/h5-7,14-16H,8-9H2,1-4H3. The van der Waals surface area contributed by atoms with Gasteiger partial charge in [-0.15, -0.1) is 0 Å². The second-order valence-corrected chi connectivity index (χ2v) is 7.10. The molecular formula is C13H22N2O4S. The Morgan fingerprint density at radius 3 is 2.55 bits per heavy atom. The van der Waals surface area contributed by atoms with Gasteiger partial charge in [-0.05, 0) is 32.0 Å². The van der Waals surface area contributed by atoms with Crippen LogP contribution in [-0.4, -0.2) is 39.0 Å². The Labute approximate surface area is 120 Å². The lowest BCUT2D eigenvalue weighted by molar-refractivity contribution is 0.404. The molecule has 0 aliphatic heterocycles.